The van der Waals surface area contributed by atoms with Gasteiger partial charge in [-0.25, -0.2) is 0 Å². The largest absolute Gasteiger partial charge is 0.508 e. The Labute approximate surface area is 94.7 Å². The Balaban J connectivity index is 2.05. The number of nitrogens with one attached hydrogen (secondary N) is 2. The molecule has 0 bridgehead atoms. The molecule has 1 unspecified atom stereocenters. The maximum absolute atomic E-state index is 11.8. The van der Waals surface area contributed by atoms with Crippen LogP contribution in [0.1, 0.15) is 22.3 Å². The Morgan fingerprint density at radius 1 is 1.56 bits per heavy atom. The molecule has 1 atom stereocenters. The zero-order valence-corrected chi connectivity index (χ0v) is 9.29. The molecule has 2 rings (SSSR count). The third-order valence-electron chi connectivity index (χ3n) is 2.87. The summed E-state index contributed by atoms with van der Waals surface area (Å²) in [5.41, 5.74) is 1.29. The number of aromatic hydroxyl groups is 1. The van der Waals surface area contributed by atoms with Crippen LogP contribution in [0, 0.1) is 6.92 Å². The molecule has 4 heteroatoms. The Bertz CT molecular complexity index is 398. The van der Waals surface area contributed by atoms with E-state index in [1.54, 1.807) is 19.1 Å². The highest BCUT2D eigenvalue weighted by atomic mass is 16.3. The van der Waals surface area contributed by atoms with E-state index in [4.69, 9.17) is 0 Å². The van der Waals surface area contributed by atoms with E-state index in [9.17, 15) is 9.90 Å². The minimum absolute atomic E-state index is 0.121. The first-order chi connectivity index (χ1) is 7.66. The molecule has 1 aromatic rings. The van der Waals surface area contributed by atoms with Gasteiger partial charge in [-0.05, 0) is 37.6 Å². The van der Waals surface area contributed by atoms with Crippen molar-refractivity contribution in [3.05, 3.63) is 29.3 Å². The summed E-state index contributed by atoms with van der Waals surface area (Å²) in [6.07, 6.45) is 0.962. The van der Waals surface area contributed by atoms with Gasteiger partial charge in [0, 0.05) is 18.2 Å². The molecule has 0 saturated carbocycles. The lowest BCUT2D eigenvalue weighted by atomic mass is 10.1. The standard InChI is InChI=1S/C12H16N2O2/c1-8-2-3-9(6-11(8)15)12(16)14-10-4-5-13-7-10/h2-3,6,10,13,15H,4-5,7H2,1H3,(H,14,16). The molecule has 4 nitrogen and oxygen atoms in total. The van der Waals surface area contributed by atoms with Gasteiger partial charge in [0.2, 0.25) is 0 Å². The van der Waals surface area contributed by atoms with E-state index >= 15 is 0 Å². The van der Waals surface area contributed by atoms with E-state index in [-0.39, 0.29) is 17.7 Å². The van der Waals surface area contributed by atoms with E-state index in [1.807, 2.05) is 0 Å². The molecule has 0 radical (unpaired) electrons. The van der Waals surface area contributed by atoms with Gasteiger partial charge in [0.1, 0.15) is 5.75 Å². The summed E-state index contributed by atoms with van der Waals surface area (Å²) in [4.78, 5) is 11.8. The zero-order chi connectivity index (χ0) is 11.5. The van der Waals surface area contributed by atoms with Crippen molar-refractivity contribution in [1.82, 2.24) is 10.6 Å². The van der Waals surface area contributed by atoms with Gasteiger partial charge >= 0.3 is 0 Å². The molecule has 1 fully saturated rings. The number of phenolic OH excluding ortho intramolecular Hbond substituents is 1. The average molecular weight is 220 g/mol. The van der Waals surface area contributed by atoms with Gasteiger partial charge in [-0.3, -0.25) is 4.79 Å². The van der Waals surface area contributed by atoms with Gasteiger partial charge in [-0.2, -0.15) is 0 Å². The number of rotatable bonds is 2. The van der Waals surface area contributed by atoms with Crippen molar-refractivity contribution in [1.29, 1.82) is 0 Å². The quantitative estimate of drug-likeness (QED) is 0.690. The van der Waals surface area contributed by atoms with Gasteiger partial charge < -0.3 is 15.7 Å². The summed E-state index contributed by atoms with van der Waals surface area (Å²) in [7, 11) is 0. The highest BCUT2D eigenvalue weighted by Crippen LogP contribution is 2.17. The number of phenols is 1. The van der Waals surface area contributed by atoms with Crippen LogP contribution in [0.4, 0.5) is 0 Å². The van der Waals surface area contributed by atoms with Crippen molar-refractivity contribution >= 4 is 5.91 Å². The normalized spacial score (nSPS) is 19.7. The van der Waals surface area contributed by atoms with Crippen LogP contribution in [0.25, 0.3) is 0 Å². The molecule has 1 aliphatic rings. The van der Waals surface area contributed by atoms with Gasteiger partial charge in [0.05, 0.1) is 0 Å². The number of carbonyl (C=O) groups excluding carboxylic acids is 1. The van der Waals surface area contributed by atoms with Gasteiger partial charge in [-0.1, -0.05) is 6.07 Å². The smallest absolute Gasteiger partial charge is 0.251 e. The van der Waals surface area contributed by atoms with Crippen molar-refractivity contribution in [2.24, 2.45) is 0 Å². The van der Waals surface area contributed by atoms with E-state index in [0.29, 0.717) is 5.56 Å². The zero-order valence-electron chi connectivity index (χ0n) is 9.29. The summed E-state index contributed by atoms with van der Waals surface area (Å²) in [6.45, 7) is 3.57. The number of amides is 1. The lowest BCUT2D eigenvalue weighted by Gasteiger charge is -2.11. The van der Waals surface area contributed by atoms with Crippen LogP contribution >= 0.6 is 0 Å². The van der Waals surface area contributed by atoms with E-state index in [0.717, 1.165) is 25.1 Å². The Morgan fingerprint density at radius 3 is 3.00 bits per heavy atom. The number of carbonyl (C=O) groups is 1. The molecule has 0 spiro atoms. The molecule has 0 aliphatic carbocycles. The van der Waals surface area contributed by atoms with Gasteiger partial charge in [-0.15, -0.1) is 0 Å². The molecule has 86 valence electrons. The summed E-state index contributed by atoms with van der Waals surface area (Å²) < 4.78 is 0. The Kier molecular flexibility index (Phi) is 3.10. The van der Waals surface area contributed by atoms with Crippen LogP contribution in [0.3, 0.4) is 0 Å². The number of hydrogen-bond acceptors (Lipinski definition) is 3. The summed E-state index contributed by atoms with van der Waals surface area (Å²) in [5.74, 6) is 0.0428. The molecule has 1 aromatic carbocycles. The van der Waals surface area contributed by atoms with Gasteiger partial charge in [0.25, 0.3) is 5.91 Å². The molecule has 1 heterocycles. The van der Waals surface area contributed by atoms with Crippen molar-refractivity contribution in [2.75, 3.05) is 13.1 Å². The predicted molar refractivity (Wildman–Crippen MR) is 61.6 cm³/mol. The first kappa shape index (κ1) is 11.0. The van der Waals surface area contributed by atoms with E-state index < -0.39 is 0 Å². The summed E-state index contributed by atoms with van der Waals surface area (Å²) in [6, 6.07) is 5.19. The minimum atomic E-state index is -0.121. The highest BCUT2D eigenvalue weighted by Gasteiger charge is 2.17. The monoisotopic (exact) mass is 220 g/mol. The van der Waals surface area contributed by atoms with Crippen LogP contribution in [0.2, 0.25) is 0 Å². The van der Waals surface area contributed by atoms with Crippen molar-refractivity contribution in [3.63, 3.8) is 0 Å². The molecule has 16 heavy (non-hydrogen) atoms. The molecule has 1 amide bonds. The molecule has 0 aromatic heterocycles. The number of benzene rings is 1. The Morgan fingerprint density at radius 2 is 2.38 bits per heavy atom. The maximum atomic E-state index is 11.8. The van der Waals surface area contributed by atoms with Crippen LogP contribution < -0.4 is 10.6 Å². The first-order valence-corrected chi connectivity index (χ1v) is 5.48. The first-order valence-electron chi connectivity index (χ1n) is 5.48. The van der Waals surface area contributed by atoms with Crippen molar-refractivity contribution in [2.45, 2.75) is 19.4 Å². The van der Waals surface area contributed by atoms with Crippen molar-refractivity contribution < 1.29 is 9.90 Å². The second-order valence-corrected chi connectivity index (χ2v) is 4.16. The lowest BCUT2D eigenvalue weighted by Crippen LogP contribution is -2.36. The van der Waals surface area contributed by atoms with Gasteiger partial charge in [0.15, 0.2) is 0 Å². The Hall–Kier alpha value is -1.55. The molecule has 1 aliphatic heterocycles. The average Bonchev–Trinajstić information content (AvgIpc) is 2.74. The lowest BCUT2D eigenvalue weighted by molar-refractivity contribution is 0.0939. The molecular formula is C12H16N2O2. The second-order valence-electron chi connectivity index (χ2n) is 4.16. The van der Waals surface area contributed by atoms with Crippen LogP contribution in [-0.2, 0) is 0 Å². The topological polar surface area (TPSA) is 61.4 Å². The van der Waals surface area contributed by atoms with E-state index in [1.165, 1.54) is 6.07 Å². The van der Waals surface area contributed by atoms with Crippen molar-refractivity contribution in [3.8, 4) is 5.75 Å². The highest BCUT2D eigenvalue weighted by molar-refractivity contribution is 5.94. The summed E-state index contributed by atoms with van der Waals surface area (Å²) >= 11 is 0. The number of hydrogen-bond donors (Lipinski definition) is 3. The van der Waals surface area contributed by atoms with Crippen LogP contribution in [0.5, 0.6) is 5.75 Å². The van der Waals surface area contributed by atoms with Crippen LogP contribution in [0.15, 0.2) is 18.2 Å². The van der Waals surface area contributed by atoms with Crippen LogP contribution in [-0.4, -0.2) is 30.1 Å². The SMILES string of the molecule is Cc1ccc(C(=O)NC2CCNC2)cc1O. The second kappa shape index (κ2) is 4.53. The predicted octanol–water partition coefficient (Wildman–Crippen LogP) is 0.792. The fraction of sp³-hybridized carbons (Fsp3) is 0.417. The maximum Gasteiger partial charge on any atom is 0.251 e. The third kappa shape index (κ3) is 2.33. The molecule has 3 N–H and O–H groups in total. The molecule has 1 saturated heterocycles. The minimum Gasteiger partial charge on any atom is -0.508 e. The molecular weight excluding hydrogens is 204 g/mol. The third-order valence-corrected chi connectivity index (χ3v) is 2.87. The summed E-state index contributed by atoms with van der Waals surface area (Å²) in [5, 5.41) is 15.6. The number of aryl methyl sites for hydroxylation is 1. The fourth-order valence-corrected chi connectivity index (χ4v) is 1.80. The van der Waals surface area contributed by atoms with E-state index in [2.05, 4.69) is 10.6 Å². The fourth-order valence-electron chi connectivity index (χ4n) is 1.80.